The number of halogens is 1. The summed E-state index contributed by atoms with van der Waals surface area (Å²) in [6, 6.07) is 14.4. The van der Waals surface area contributed by atoms with Crippen LogP contribution in [0.15, 0.2) is 69.4 Å². The van der Waals surface area contributed by atoms with E-state index in [2.05, 4.69) is 31.1 Å². The fourth-order valence-corrected chi connectivity index (χ4v) is 2.26. The Labute approximate surface area is 123 Å². The molecule has 0 saturated heterocycles. The molecule has 3 aromatic rings. The average molecular weight is 328 g/mol. The average Bonchev–Trinajstić information content (AvgIpc) is 2.47. The summed E-state index contributed by atoms with van der Waals surface area (Å²) in [7, 11) is 0. The number of hydrogen-bond acceptors (Lipinski definition) is 4. The molecule has 0 aliphatic rings. The van der Waals surface area contributed by atoms with Gasteiger partial charge < -0.3 is 5.11 Å². The fourth-order valence-electron chi connectivity index (χ4n) is 1.87. The molecular formula is C15H10BrN3O. The molecule has 98 valence electrons. The van der Waals surface area contributed by atoms with Gasteiger partial charge in [-0.1, -0.05) is 22.0 Å². The van der Waals surface area contributed by atoms with E-state index in [1.54, 1.807) is 30.5 Å². The lowest BCUT2D eigenvalue weighted by molar-refractivity contribution is 0.481. The summed E-state index contributed by atoms with van der Waals surface area (Å²) in [5.74, 6) is 0.189. The van der Waals surface area contributed by atoms with Crippen LogP contribution in [-0.2, 0) is 0 Å². The van der Waals surface area contributed by atoms with Gasteiger partial charge in [-0.3, -0.25) is 4.98 Å². The van der Waals surface area contributed by atoms with E-state index in [-0.39, 0.29) is 5.75 Å². The van der Waals surface area contributed by atoms with Crippen LogP contribution in [0.3, 0.4) is 0 Å². The molecule has 1 aromatic heterocycles. The predicted octanol–water partition coefficient (Wildman–Crippen LogP) is 5.12. The molecule has 5 heteroatoms. The minimum atomic E-state index is 0.189. The summed E-state index contributed by atoms with van der Waals surface area (Å²) in [5, 5.41) is 18.9. The molecule has 0 saturated carbocycles. The molecule has 0 radical (unpaired) electrons. The summed E-state index contributed by atoms with van der Waals surface area (Å²) in [6.45, 7) is 0. The van der Waals surface area contributed by atoms with Crippen molar-refractivity contribution in [2.45, 2.75) is 0 Å². The third-order valence-electron chi connectivity index (χ3n) is 2.81. The Morgan fingerprint density at radius 3 is 2.75 bits per heavy atom. The number of azo groups is 1. The number of rotatable bonds is 2. The Hall–Kier alpha value is -2.27. The minimum Gasteiger partial charge on any atom is -0.507 e. The SMILES string of the molecule is Oc1ccc(N=Nc2cccc(Br)c2)c2ncccc12. The van der Waals surface area contributed by atoms with Crippen LogP contribution in [-0.4, -0.2) is 10.1 Å². The molecule has 0 atom stereocenters. The number of fused-ring (bicyclic) bond motifs is 1. The van der Waals surface area contributed by atoms with E-state index in [9.17, 15) is 5.11 Å². The number of hydrogen-bond donors (Lipinski definition) is 1. The van der Waals surface area contributed by atoms with Crippen molar-refractivity contribution in [1.29, 1.82) is 0 Å². The number of aromatic hydroxyl groups is 1. The lowest BCUT2D eigenvalue weighted by atomic mass is 10.2. The van der Waals surface area contributed by atoms with E-state index in [4.69, 9.17) is 0 Å². The van der Waals surface area contributed by atoms with Crippen molar-refractivity contribution in [1.82, 2.24) is 4.98 Å². The molecular weight excluding hydrogens is 318 g/mol. The van der Waals surface area contributed by atoms with Crippen LogP contribution in [0, 0.1) is 0 Å². The van der Waals surface area contributed by atoms with Crippen molar-refractivity contribution in [3.8, 4) is 5.75 Å². The highest BCUT2D eigenvalue weighted by molar-refractivity contribution is 9.10. The lowest BCUT2D eigenvalue weighted by Crippen LogP contribution is -1.79. The number of benzene rings is 2. The van der Waals surface area contributed by atoms with E-state index in [0.717, 1.165) is 10.2 Å². The third kappa shape index (κ3) is 2.53. The van der Waals surface area contributed by atoms with Crippen molar-refractivity contribution in [2.24, 2.45) is 10.2 Å². The van der Waals surface area contributed by atoms with Gasteiger partial charge in [0.15, 0.2) is 0 Å². The van der Waals surface area contributed by atoms with Crippen molar-refractivity contribution in [2.75, 3.05) is 0 Å². The van der Waals surface area contributed by atoms with Crippen LogP contribution < -0.4 is 0 Å². The number of nitrogens with zero attached hydrogens (tertiary/aromatic N) is 3. The van der Waals surface area contributed by atoms with Crippen LogP contribution in [0.5, 0.6) is 5.75 Å². The van der Waals surface area contributed by atoms with Crippen LogP contribution in [0.4, 0.5) is 11.4 Å². The maximum Gasteiger partial charge on any atom is 0.125 e. The zero-order valence-corrected chi connectivity index (χ0v) is 11.9. The zero-order chi connectivity index (χ0) is 13.9. The first-order valence-electron chi connectivity index (χ1n) is 5.98. The van der Waals surface area contributed by atoms with E-state index < -0.39 is 0 Å². The molecule has 0 amide bonds. The number of aromatic nitrogens is 1. The number of phenols is 1. The van der Waals surface area contributed by atoms with Gasteiger partial charge >= 0.3 is 0 Å². The summed E-state index contributed by atoms with van der Waals surface area (Å²) in [5.41, 5.74) is 2.00. The Bertz CT molecular complexity index is 802. The van der Waals surface area contributed by atoms with Crippen LogP contribution in [0.2, 0.25) is 0 Å². The van der Waals surface area contributed by atoms with Gasteiger partial charge in [-0.25, -0.2) is 0 Å². The normalized spacial score (nSPS) is 11.2. The largest absolute Gasteiger partial charge is 0.507 e. The highest BCUT2D eigenvalue weighted by Crippen LogP contribution is 2.31. The topological polar surface area (TPSA) is 57.8 Å². The summed E-state index contributed by atoms with van der Waals surface area (Å²) >= 11 is 3.39. The Balaban J connectivity index is 2.05. The molecule has 0 spiro atoms. The summed E-state index contributed by atoms with van der Waals surface area (Å²) < 4.78 is 0.947. The smallest absolute Gasteiger partial charge is 0.125 e. The first kappa shape index (κ1) is 12.7. The highest BCUT2D eigenvalue weighted by Gasteiger charge is 2.05. The van der Waals surface area contributed by atoms with Gasteiger partial charge in [0.2, 0.25) is 0 Å². The van der Waals surface area contributed by atoms with E-state index in [1.165, 1.54) is 0 Å². The van der Waals surface area contributed by atoms with Gasteiger partial charge in [-0.05, 0) is 42.5 Å². The maximum atomic E-state index is 9.80. The van der Waals surface area contributed by atoms with Gasteiger partial charge in [0.25, 0.3) is 0 Å². The molecule has 4 nitrogen and oxygen atoms in total. The molecule has 3 rings (SSSR count). The van der Waals surface area contributed by atoms with E-state index >= 15 is 0 Å². The molecule has 20 heavy (non-hydrogen) atoms. The van der Waals surface area contributed by atoms with Crippen molar-refractivity contribution >= 4 is 38.2 Å². The molecule has 0 fully saturated rings. The molecule has 0 aliphatic heterocycles. The zero-order valence-electron chi connectivity index (χ0n) is 10.4. The third-order valence-corrected chi connectivity index (χ3v) is 3.30. The van der Waals surface area contributed by atoms with Gasteiger partial charge in [-0.2, -0.15) is 5.11 Å². The van der Waals surface area contributed by atoms with Crippen molar-refractivity contribution in [3.63, 3.8) is 0 Å². The first-order valence-corrected chi connectivity index (χ1v) is 6.77. The fraction of sp³-hybridized carbons (Fsp3) is 0. The molecule has 1 N–H and O–H groups in total. The standard InChI is InChI=1S/C15H10BrN3O/c16-10-3-1-4-11(9-10)18-19-13-6-7-14(20)12-5-2-8-17-15(12)13/h1-9,20H. The van der Waals surface area contributed by atoms with Crippen LogP contribution in [0.1, 0.15) is 0 Å². The molecule has 1 heterocycles. The second kappa shape index (κ2) is 5.38. The summed E-state index contributed by atoms with van der Waals surface area (Å²) in [4.78, 5) is 4.25. The van der Waals surface area contributed by atoms with Gasteiger partial charge in [0, 0.05) is 16.1 Å². The Kier molecular flexibility index (Phi) is 3.43. The number of phenolic OH excluding ortho intramolecular Hbond substituents is 1. The Morgan fingerprint density at radius 1 is 1.00 bits per heavy atom. The van der Waals surface area contributed by atoms with Crippen LogP contribution in [0.25, 0.3) is 10.9 Å². The van der Waals surface area contributed by atoms with Gasteiger partial charge in [-0.15, -0.1) is 5.11 Å². The molecule has 0 aliphatic carbocycles. The first-order chi connectivity index (χ1) is 9.74. The molecule has 2 aromatic carbocycles. The Morgan fingerprint density at radius 2 is 1.90 bits per heavy atom. The highest BCUT2D eigenvalue weighted by atomic mass is 79.9. The predicted molar refractivity (Wildman–Crippen MR) is 81.7 cm³/mol. The molecule has 0 bridgehead atoms. The maximum absolute atomic E-state index is 9.80. The van der Waals surface area contributed by atoms with E-state index in [1.807, 2.05) is 24.3 Å². The molecule has 0 unspecified atom stereocenters. The quantitative estimate of drug-likeness (QED) is 0.664. The van der Waals surface area contributed by atoms with Crippen molar-refractivity contribution in [3.05, 3.63) is 59.2 Å². The van der Waals surface area contributed by atoms with Gasteiger partial charge in [0.05, 0.1) is 5.69 Å². The second-order valence-corrected chi connectivity index (χ2v) is 5.10. The van der Waals surface area contributed by atoms with E-state index in [0.29, 0.717) is 16.6 Å². The minimum absolute atomic E-state index is 0.189. The van der Waals surface area contributed by atoms with Crippen molar-refractivity contribution < 1.29 is 5.11 Å². The van der Waals surface area contributed by atoms with Gasteiger partial charge in [0.1, 0.15) is 17.0 Å². The summed E-state index contributed by atoms with van der Waals surface area (Å²) in [6.07, 6.45) is 1.67. The second-order valence-electron chi connectivity index (χ2n) is 4.18. The number of pyridine rings is 1. The lowest BCUT2D eigenvalue weighted by Gasteiger charge is -2.02. The monoisotopic (exact) mass is 327 g/mol. The van der Waals surface area contributed by atoms with Crippen LogP contribution >= 0.6 is 15.9 Å².